The Morgan fingerprint density at radius 2 is 1.51 bits per heavy atom. The van der Waals surface area contributed by atoms with Crippen LogP contribution in [0.2, 0.25) is 0 Å². The van der Waals surface area contributed by atoms with E-state index >= 15 is 0 Å². The lowest BCUT2D eigenvalue weighted by atomic mass is 10.0. The van der Waals surface area contributed by atoms with Crippen molar-refractivity contribution in [1.82, 2.24) is 9.19 Å². The van der Waals surface area contributed by atoms with Gasteiger partial charge in [0.05, 0.1) is 43.8 Å². The highest BCUT2D eigenvalue weighted by Gasteiger charge is 2.28. The molecule has 0 atom stereocenters. The summed E-state index contributed by atoms with van der Waals surface area (Å²) >= 11 is 0. The van der Waals surface area contributed by atoms with Crippen molar-refractivity contribution < 1.29 is 37.1 Å². The monoisotopic (exact) mass is 527 g/mol. The fourth-order valence-corrected chi connectivity index (χ4v) is 5.01. The molecule has 0 amide bonds. The quantitative estimate of drug-likeness (QED) is 0.180. The molecular weight excluding hydrogens is 506 g/mol. The highest BCUT2D eigenvalue weighted by atomic mass is 32.2. The Morgan fingerprint density at radius 3 is 2.03 bits per heavy atom. The fraction of sp³-hybridized carbons (Fsp3) is 0.167. The second-order valence-corrected chi connectivity index (χ2v) is 9.34. The second kappa shape index (κ2) is 9.78. The molecule has 37 heavy (non-hydrogen) atoms. The number of hydrogen-bond donors (Lipinski definition) is 0. The van der Waals surface area contributed by atoms with Crippen LogP contribution in [-0.4, -0.2) is 56.7 Å². The molecule has 3 aromatic carbocycles. The molecule has 0 saturated carbocycles. The zero-order valence-corrected chi connectivity index (χ0v) is 20.9. The van der Waals surface area contributed by atoms with Gasteiger partial charge >= 0.3 is 0 Å². The highest BCUT2D eigenvalue weighted by molar-refractivity contribution is 7.90. The third-order valence-electron chi connectivity index (χ3n) is 5.57. The van der Waals surface area contributed by atoms with Crippen LogP contribution in [0.3, 0.4) is 0 Å². The van der Waals surface area contributed by atoms with Crippen molar-refractivity contribution in [3.05, 3.63) is 76.0 Å². The van der Waals surface area contributed by atoms with E-state index in [-0.39, 0.29) is 50.0 Å². The maximum absolute atomic E-state index is 13.6. The van der Waals surface area contributed by atoms with Gasteiger partial charge in [0.25, 0.3) is 15.7 Å². The summed E-state index contributed by atoms with van der Waals surface area (Å²) in [5.74, 6) is 0.469. The van der Waals surface area contributed by atoms with E-state index < -0.39 is 20.7 Å². The smallest absolute Gasteiger partial charge is 0.283 e. The molecule has 1 heterocycles. The van der Waals surface area contributed by atoms with Gasteiger partial charge in [-0.1, -0.05) is 0 Å². The number of nitrogens with zero attached hydrogens (tertiary/aromatic N) is 3. The number of non-ortho nitro benzene ring substituents is 1. The summed E-state index contributed by atoms with van der Waals surface area (Å²) < 4.78 is 48.9. The van der Waals surface area contributed by atoms with E-state index in [9.17, 15) is 23.3 Å². The Kier molecular flexibility index (Phi) is 6.72. The Labute approximate surface area is 211 Å². The highest BCUT2D eigenvalue weighted by Crippen LogP contribution is 2.39. The van der Waals surface area contributed by atoms with Gasteiger partial charge in [-0.3, -0.25) is 14.9 Å². The summed E-state index contributed by atoms with van der Waals surface area (Å²) in [5.41, 5.74) is -0.236. The van der Waals surface area contributed by atoms with Gasteiger partial charge < -0.3 is 18.9 Å². The average molecular weight is 528 g/mol. The van der Waals surface area contributed by atoms with Crippen molar-refractivity contribution in [2.24, 2.45) is 0 Å². The fourth-order valence-electron chi connectivity index (χ4n) is 3.74. The number of hydrogen-bond acceptors (Lipinski definition) is 10. The summed E-state index contributed by atoms with van der Waals surface area (Å²) in [6.45, 7) is 0. The van der Waals surface area contributed by atoms with Crippen LogP contribution in [0, 0.1) is 10.1 Å². The van der Waals surface area contributed by atoms with Gasteiger partial charge in [-0.15, -0.1) is 0 Å². The number of aromatic nitrogens is 2. The minimum atomic E-state index is -4.36. The first kappa shape index (κ1) is 25.4. The number of methoxy groups -OCH3 is 4. The lowest BCUT2D eigenvalue weighted by Gasteiger charge is -2.13. The van der Waals surface area contributed by atoms with E-state index in [1.54, 1.807) is 6.07 Å². The third-order valence-corrected chi connectivity index (χ3v) is 7.17. The first-order chi connectivity index (χ1) is 17.7. The molecule has 12 nitrogen and oxygen atoms in total. The van der Waals surface area contributed by atoms with Crippen LogP contribution in [0.15, 0.2) is 59.5 Å². The Hall–Kier alpha value is -4.65. The molecule has 0 spiro atoms. The van der Waals surface area contributed by atoms with Gasteiger partial charge in [0.2, 0.25) is 11.5 Å². The van der Waals surface area contributed by atoms with Gasteiger partial charge in [-0.25, -0.2) is 0 Å². The van der Waals surface area contributed by atoms with Crippen molar-refractivity contribution in [1.29, 1.82) is 0 Å². The van der Waals surface area contributed by atoms with Gasteiger partial charge in [-0.2, -0.15) is 17.6 Å². The minimum absolute atomic E-state index is 0.0773. The summed E-state index contributed by atoms with van der Waals surface area (Å²) in [4.78, 5) is 23.7. The first-order valence-corrected chi connectivity index (χ1v) is 12.0. The molecule has 0 radical (unpaired) electrons. The zero-order valence-electron chi connectivity index (χ0n) is 20.1. The molecule has 4 rings (SSSR count). The Morgan fingerprint density at radius 1 is 0.892 bits per heavy atom. The van der Waals surface area contributed by atoms with Gasteiger partial charge in [-0.05, 0) is 36.4 Å². The van der Waals surface area contributed by atoms with Crippen molar-refractivity contribution in [2.45, 2.75) is 4.90 Å². The zero-order chi connectivity index (χ0) is 26.9. The second-order valence-electron chi connectivity index (χ2n) is 7.57. The molecule has 0 aliphatic rings. The van der Waals surface area contributed by atoms with Crippen LogP contribution >= 0.6 is 0 Å². The van der Waals surface area contributed by atoms with E-state index in [1.165, 1.54) is 52.7 Å². The molecule has 0 aliphatic heterocycles. The van der Waals surface area contributed by atoms with Crippen LogP contribution in [0.1, 0.15) is 16.1 Å². The number of fused-ring (bicyclic) bond motifs is 1. The topological polar surface area (TPSA) is 149 Å². The van der Waals surface area contributed by atoms with Crippen LogP contribution in [0.4, 0.5) is 5.69 Å². The molecule has 0 N–H and O–H groups in total. The Balaban J connectivity index is 1.92. The van der Waals surface area contributed by atoms with Crippen LogP contribution in [-0.2, 0) is 10.0 Å². The lowest BCUT2D eigenvalue weighted by Crippen LogP contribution is -2.15. The Bertz CT molecular complexity index is 1600. The number of nitro benzene ring substituents is 1. The van der Waals surface area contributed by atoms with E-state index in [2.05, 4.69) is 5.10 Å². The summed E-state index contributed by atoms with van der Waals surface area (Å²) in [6.07, 6.45) is 0. The van der Waals surface area contributed by atoms with Gasteiger partial charge in [0.15, 0.2) is 11.5 Å². The molecule has 1 aromatic heterocycles. The summed E-state index contributed by atoms with van der Waals surface area (Å²) in [5, 5.41) is 15.4. The lowest BCUT2D eigenvalue weighted by molar-refractivity contribution is -0.384. The molecule has 0 unspecified atom stereocenters. The largest absolute Gasteiger partial charge is 0.497 e. The molecule has 192 valence electrons. The molecule has 0 fully saturated rings. The number of rotatable bonds is 9. The van der Waals surface area contributed by atoms with Gasteiger partial charge in [0, 0.05) is 29.1 Å². The number of benzene rings is 3. The number of ether oxygens (including phenoxy) is 4. The number of ketones is 1. The first-order valence-electron chi connectivity index (χ1n) is 10.6. The maximum atomic E-state index is 13.6. The predicted octanol–water partition coefficient (Wildman–Crippen LogP) is 3.45. The number of carbonyl (C=O) groups excluding carboxylic acids is 1. The van der Waals surface area contributed by atoms with Crippen molar-refractivity contribution in [2.75, 3.05) is 28.4 Å². The summed E-state index contributed by atoms with van der Waals surface area (Å²) in [7, 11) is 1.28. The average Bonchev–Trinajstić information content (AvgIpc) is 3.31. The van der Waals surface area contributed by atoms with Gasteiger partial charge in [0.1, 0.15) is 11.4 Å². The van der Waals surface area contributed by atoms with E-state index in [0.717, 1.165) is 24.3 Å². The SMILES string of the molecule is COc1ccc2c(C(=O)c3cc(OC)c(OC)c(OC)c3)nn(S(=O)(=O)c3ccc([N+](=O)[O-])cc3)c2c1. The van der Waals surface area contributed by atoms with Crippen molar-refractivity contribution in [3.63, 3.8) is 0 Å². The van der Waals surface area contributed by atoms with Crippen molar-refractivity contribution >= 4 is 32.4 Å². The summed E-state index contributed by atoms with van der Waals surface area (Å²) in [6, 6.07) is 11.7. The molecule has 0 aliphatic carbocycles. The number of carbonyl (C=O) groups is 1. The molecular formula is C24H21N3O9S. The minimum Gasteiger partial charge on any atom is -0.497 e. The number of nitro groups is 1. The predicted molar refractivity (Wildman–Crippen MR) is 131 cm³/mol. The molecule has 13 heteroatoms. The van der Waals surface area contributed by atoms with Crippen molar-refractivity contribution in [3.8, 4) is 23.0 Å². The third kappa shape index (κ3) is 4.40. The van der Waals surface area contributed by atoms with Crippen LogP contribution in [0.25, 0.3) is 10.9 Å². The van der Waals surface area contributed by atoms with Crippen LogP contribution < -0.4 is 18.9 Å². The molecule has 0 saturated heterocycles. The standard InChI is InChI=1S/C24H21N3O9S/c1-33-16-7-10-18-19(13-16)26(37(31,32)17-8-5-15(6-9-17)27(29)30)25-22(18)23(28)14-11-20(34-2)24(36-4)21(12-14)35-3/h5-13H,1-4H3. The molecule has 0 bridgehead atoms. The van der Waals surface area contributed by atoms with E-state index in [0.29, 0.717) is 9.84 Å². The molecule has 4 aromatic rings. The van der Waals surface area contributed by atoms with E-state index in [1.807, 2.05) is 0 Å². The van der Waals surface area contributed by atoms with Crippen LogP contribution in [0.5, 0.6) is 23.0 Å². The maximum Gasteiger partial charge on any atom is 0.283 e. The normalized spacial score (nSPS) is 11.2. The van der Waals surface area contributed by atoms with E-state index in [4.69, 9.17) is 18.9 Å².